The van der Waals surface area contributed by atoms with Crippen LogP contribution in [0, 0.1) is 5.92 Å². The van der Waals surface area contributed by atoms with Crippen LogP contribution in [0.2, 0.25) is 20.1 Å². The molecule has 0 unspecified atom stereocenters. The lowest BCUT2D eigenvalue weighted by atomic mass is 9.86. The normalized spacial score (nSPS) is 23.2. The average molecular weight is 563 g/mol. The summed E-state index contributed by atoms with van der Waals surface area (Å²) in [5.41, 5.74) is 1.37. The molecule has 34 heavy (non-hydrogen) atoms. The molecule has 0 saturated heterocycles. The molecule has 2 aromatic rings. The highest BCUT2D eigenvalue weighted by Crippen LogP contribution is 2.51. The van der Waals surface area contributed by atoms with E-state index in [0.717, 1.165) is 12.1 Å². The minimum Gasteiger partial charge on any atom is -0.374 e. The second-order valence-electron chi connectivity index (χ2n) is 7.71. The number of hydrogen-bond acceptors (Lipinski definition) is 4. The second kappa shape index (κ2) is 8.58. The second-order valence-corrected chi connectivity index (χ2v) is 9.31. The van der Waals surface area contributed by atoms with E-state index in [4.69, 9.17) is 51.2 Å². The van der Waals surface area contributed by atoms with Crippen molar-refractivity contribution in [1.82, 2.24) is 5.43 Å². The Kier molecular flexibility index (Phi) is 6.33. The summed E-state index contributed by atoms with van der Waals surface area (Å²) in [5, 5.41) is 3.20. The van der Waals surface area contributed by atoms with Gasteiger partial charge in [-0.1, -0.05) is 57.6 Å². The van der Waals surface area contributed by atoms with E-state index in [1.165, 1.54) is 18.2 Å². The van der Waals surface area contributed by atoms with Crippen LogP contribution in [0.1, 0.15) is 24.0 Å². The number of alkyl halides is 5. The molecule has 0 bridgehead atoms. The average Bonchev–Trinajstić information content (AvgIpc) is 3.17. The highest BCUT2D eigenvalue weighted by atomic mass is 35.5. The van der Waals surface area contributed by atoms with Crippen molar-refractivity contribution in [2.24, 2.45) is 11.1 Å². The van der Waals surface area contributed by atoms with Crippen molar-refractivity contribution in [3.8, 4) is 0 Å². The Balaban J connectivity index is 1.59. The molecule has 1 saturated carbocycles. The van der Waals surface area contributed by atoms with Crippen LogP contribution in [-0.2, 0) is 15.2 Å². The van der Waals surface area contributed by atoms with Crippen LogP contribution in [0.4, 0.5) is 27.6 Å². The van der Waals surface area contributed by atoms with Gasteiger partial charge >= 0.3 is 6.18 Å². The van der Waals surface area contributed by atoms with E-state index >= 15 is 0 Å². The van der Waals surface area contributed by atoms with Gasteiger partial charge in [-0.05, 0) is 24.3 Å². The number of rotatable bonds is 5. The van der Waals surface area contributed by atoms with E-state index in [-0.39, 0.29) is 37.1 Å². The number of benzene rings is 2. The van der Waals surface area contributed by atoms with E-state index in [1.54, 1.807) is 0 Å². The van der Waals surface area contributed by atoms with Gasteiger partial charge in [-0.2, -0.15) is 13.2 Å². The zero-order chi connectivity index (χ0) is 25.1. The predicted molar refractivity (Wildman–Crippen MR) is 118 cm³/mol. The summed E-state index contributed by atoms with van der Waals surface area (Å²) < 4.78 is 68.7. The van der Waals surface area contributed by atoms with E-state index in [9.17, 15) is 26.7 Å². The molecular weight excluding hydrogens is 551 g/mol. The lowest BCUT2D eigenvalue weighted by Gasteiger charge is -2.30. The molecular formula is C20H12Cl4F5N3O2. The van der Waals surface area contributed by atoms with Crippen LogP contribution in [0.15, 0.2) is 35.5 Å². The Morgan fingerprint density at radius 2 is 1.68 bits per heavy atom. The molecule has 1 aliphatic carbocycles. The van der Waals surface area contributed by atoms with Gasteiger partial charge in [0.05, 0.1) is 31.5 Å². The molecule has 0 aromatic heterocycles. The molecule has 0 spiro atoms. The SMILES string of the molecule is O=C(NNc1cc(C2=NO[C@](c3cc(Cl)c(Cl)c(Cl)c3)(C(F)(F)F)C2)ccc1Cl)[C@@H]1CC1(F)F. The van der Waals surface area contributed by atoms with Gasteiger partial charge in [0.25, 0.3) is 11.5 Å². The first kappa shape index (κ1) is 25.1. The van der Waals surface area contributed by atoms with Gasteiger partial charge in [0, 0.05) is 24.0 Å². The Hall–Kier alpha value is -2.01. The fourth-order valence-corrected chi connectivity index (χ4v) is 4.12. The number of amides is 1. The third kappa shape index (κ3) is 4.48. The standard InChI is InChI=1S/C20H12Cl4F5N3O2/c21-11-2-1-8(3-14(11)30-31-17(33)10-6-19(10,25)26)15-7-18(34-32-15,20(27,28)29)9-4-12(22)16(24)13(23)5-9/h1-5,10,30H,6-7H2,(H,31,33)/t10-,18+/m0/s1. The molecule has 1 fully saturated rings. The molecule has 182 valence electrons. The van der Waals surface area contributed by atoms with E-state index < -0.39 is 47.9 Å². The predicted octanol–water partition coefficient (Wildman–Crippen LogP) is 6.98. The van der Waals surface area contributed by atoms with Gasteiger partial charge in [0.2, 0.25) is 5.91 Å². The molecule has 2 aliphatic rings. The molecule has 5 nitrogen and oxygen atoms in total. The topological polar surface area (TPSA) is 62.7 Å². The Morgan fingerprint density at radius 3 is 2.24 bits per heavy atom. The maximum atomic E-state index is 14.2. The summed E-state index contributed by atoms with van der Waals surface area (Å²) in [5.74, 6) is -5.47. The summed E-state index contributed by atoms with van der Waals surface area (Å²) in [7, 11) is 0. The van der Waals surface area contributed by atoms with Crippen LogP contribution in [0.25, 0.3) is 0 Å². The van der Waals surface area contributed by atoms with Crippen molar-refractivity contribution in [2.45, 2.75) is 30.5 Å². The highest BCUT2D eigenvalue weighted by molar-refractivity contribution is 6.48. The number of oxime groups is 1. The van der Waals surface area contributed by atoms with Crippen LogP contribution in [-0.4, -0.2) is 23.7 Å². The number of nitrogens with zero attached hydrogens (tertiary/aromatic N) is 1. The third-order valence-corrected chi connectivity index (χ3v) is 6.92. The Morgan fingerprint density at radius 1 is 1.06 bits per heavy atom. The van der Waals surface area contributed by atoms with Crippen LogP contribution in [0.5, 0.6) is 0 Å². The Bertz CT molecular complexity index is 1180. The summed E-state index contributed by atoms with van der Waals surface area (Å²) in [4.78, 5) is 16.7. The first-order valence-corrected chi connectivity index (χ1v) is 11.0. The minimum atomic E-state index is -4.92. The molecule has 0 radical (unpaired) electrons. The lowest BCUT2D eigenvalue weighted by molar-refractivity contribution is -0.275. The van der Waals surface area contributed by atoms with Crippen molar-refractivity contribution >= 4 is 63.7 Å². The fourth-order valence-electron chi connectivity index (χ4n) is 3.36. The summed E-state index contributed by atoms with van der Waals surface area (Å²) in [6.45, 7) is 0. The molecule has 2 aromatic carbocycles. The number of halogens is 9. The lowest BCUT2D eigenvalue weighted by Crippen LogP contribution is -2.42. The monoisotopic (exact) mass is 561 g/mol. The largest absolute Gasteiger partial charge is 0.435 e. The molecule has 2 N–H and O–H groups in total. The number of hydrazine groups is 1. The number of carbonyl (C=O) groups is 1. The van der Waals surface area contributed by atoms with Crippen LogP contribution >= 0.6 is 46.4 Å². The zero-order valence-corrected chi connectivity index (χ0v) is 19.6. The van der Waals surface area contributed by atoms with Crippen LogP contribution < -0.4 is 10.9 Å². The van der Waals surface area contributed by atoms with Crippen molar-refractivity contribution in [3.05, 3.63) is 61.5 Å². The first-order valence-electron chi connectivity index (χ1n) is 9.45. The van der Waals surface area contributed by atoms with Gasteiger partial charge in [-0.3, -0.25) is 15.6 Å². The molecule has 1 heterocycles. The molecule has 4 rings (SSSR count). The minimum absolute atomic E-state index is 0.0567. The molecule has 1 aliphatic heterocycles. The zero-order valence-electron chi connectivity index (χ0n) is 16.5. The Labute approximate surface area is 209 Å². The van der Waals surface area contributed by atoms with Gasteiger partial charge in [0.15, 0.2) is 0 Å². The van der Waals surface area contributed by atoms with E-state index in [1.807, 2.05) is 0 Å². The summed E-state index contributed by atoms with van der Waals surface area (Å²) in [6, 6.07) is 6.02. The number of nitrogens with one attached hydrogen (secondary N) is 2. The fraction of sp³-hybridized carbons (Fsp3) is 0.300. The molecule has 2 atom stereocenters. The van der Waals surface area contributed by atoms with E-state index in [0.29, 0.717) is 0 Å². The van der Waals surface area contributed by atoms with Gasteiger partial charge in [-0.15, -0.1) is 0 Å². The van der Waals surface area contributed by atoms with Gasteiger partial charge < -0.3 is 4.84 Å². The first-order chi connectivity index (χ1) is 15.7. The summed E-state index contributed by atoms with van der Waals surface area (Å²) >= 11 is 23.8. The quantitative estimate of drug-likeness (QED) is 0.235. The maximum absolute atomic E-state index is 14.2. The smallest absolute Gasteiger partial charge is 0.374 e. The van der Waals surface area contributed by atoms with Gasteiger partial charge in [0.1, 0.15) is 5.92 Å². The van der Waals surface area contributed by atoms with Crippen molar-refractivity contribution < 1.29 is 31.6 Å². The molecule has 1 amide bonds. The summed E-state index contributed by atoms with van der Waals surface area (Å²) in [6.07, 6.45) is -6.23. The van der Waals surface area contributed by atoms with Gasteiger partial charge in [-0.25, -0.2) is 8.78 Å². The molecule has 14 heteroatoms. The number of hydrogen-bond donors (Lipinski definition) is 2. The van der Waals surface area contributed by atoms with Crippen molar-refractivity contribution in [3.63, 3.8) is 0 Å². The van der Waals surface area contributed by atoms with Crippen molar-refractivity contribution in [1.29, 1.82) is 0 Å². The number of anilines is 1. The third-order valence-electron chi connectivity index (χ3n) is 5.40. The highest BCUT2D eigenvalue weighted by Gasteiger charge is 2.63. The van der Waals surface area contributed by atoms with E-state index in [2.05, 4.69) is 16.0 Å². The van der Waals surface area contributed by atoms with Crippen molar-refractivity contribution in [2.75, 3.05) is 5.43 Å². The van der Waals surface area contributed by atoms with Crippen LogP contribution in [0.3, 0.4) is 0 Å². The number of carbonyl (C=O) groups excluding carboxylic acids is 1. The maximum Gasteiger partial charge on any atom is 0.435 e.